The summed E-state index contributed by atoms with van der Waals surface area (Å²) in [7, 11) is 1.88. The molecule has 1 aromatic carbocycles. The highest BCUT2D eigenvalue weighted by Crippen LogP contribution is 2.17. The number of aromatic amines is 1. The number of aryl methyl sites for hydroxylation is 2. The molecule has 0 aliphatic carbocycles. The lowest BCUT2D eigenvalue weighted by atomic mass is 10.1. The van der Waals surface area contributed by atoms with Crippen LogP contribution < -0.4 is 5.56 Å². The van der Waals surface area contributed by atoms with Gasteiger partial charge in [-0.15, -0.1) is 0 Å². The summed E-state index contributed by atoms with van der Waals surface area (Å²) in [5.74, 6) is 0.297. The highest BCUT2D eigenvalue weighted by atomic mass is 16.5. The fraction of sp³-hybridized carbons (Fsp3) is 0.391. The van der Waals surface area contributed by atoms with E-state index in [-0.39, 0.29) is 24.1 Å². The molecule has 0 saturated carbocycles. The molecule has 1 saturated heterocycles. The standard InChI is InChI=1S/C23H27N5O3/c1-15-18(16(2)27(3)26-15)10-11-22(29)28(13-17-7-6-12-31-17)14-21-24-20-9-5-4-8-19(20)23(30)25-21/h4-5,8-11,17H,6-7,12-14H2,1-3H3,(H,24,25,30)/b11-10+/t17-/m0/s1. The van der Waals surface area contributed by atoms with Crippen molar-refractivity contribution in [3.05, 3.63) is 63.5 Å². The third-order valence-corrected chi connectivity index (χ3v) is 5.72. The van der Waals surface area contributed by atoms with Crippen molar-refractivity contribution in [2.24, 2.45) is 7.05 Å². The number of aromatic nitrogens is 4. The SMILES string of the molecule is Cc1nn(C)c(C)c1/C=C/C(=O)N(Cc1nc2ccccc2c(=O)[nH]1)C[C@@H]1CCCO1. The summed E-state index contributed by atoms with van der Waals surface area (Å²) in [5, 5.41) is 4.93. The van der Waals surface area contributed by atoms with Gasteiger partial charge in [-0.2, -0.15) is 5.10 Å². The highest BCUT2D eigenvalue weighted by molar-refractivity contribution is 5.92. The minimum Gasteiger partial charge on any atom is -0.376 e. The van der Waals surface area contributed by atoms with Gasteiger partial charge in [0.05, 0.1) is 29.2 Å². The third kappa shape index (κ3) is 4.59. The maximum atomic E-state index is 13.1. The molecule has 3 aromatic rings. The van der Waals surface area contributed by atoms with Crippen molar-refractivity contribution >= 4 is 22.9 Å². The van der Waals surface area contributed by atoms with Gasteiger partial charge in [0.15, 0.2) is 0 Å². The van der Waals surface area contributed by atoms with Crippen LogP contribution in [0.25, 0.3) is 17.0 Å². The van der Waals surface area contributed by atoms with Gasteiger partial charge in [0.25, 0.3) is 5.56 Å². The molecular formula is C23H27N5O3. The fourth-order valence-electron chi connectivity index (χ4n) is 3.95. The number of nitrogens with zero attached hydrogens (tertiary/aromatic N) is 4. The Bertz CT molecular complexity index is 1190. The smallest absolute Gasteiger partial charge is 0.258 e. The lowest BCUT2D eigenvalue weighted by Gasteiger charge is -2.24. The molecule has 31 heavy (non-hydrogen) atoms. The Morgan fingerprint density at radius 2 is 2.16 bits per heavy atom. The van der Waals surface area contributed by atoms with E-state index in [4.69, 9.17) is 4.74 Å². The second-order valence-electron chi connectivity index (χ2n) is 7.92. The Labute approximate surface area is 180 Å². The quantitative estimate of drug-likeness (QED) is 0.618. The molecule has 162 valence electrons. The van der Waals surface area contributed by atoms with Crippen LogP contribution >= 0.6 is 0 Å². The van der Waals surface area contributed by atoms with E-state index >= 15 is 0 Å². The number of H-pyrrole nitrogens is 1. The molecule has 3 heterocycles. The first-order valence-corrected chi connectivity index (χ1v) is 10.5. The van der Waals surface area contributed by atoms with Crippen LogP contribution in [-0.2, 0) is 23.1 Å². The molecule has 1 aliphatic heterocycles. The van der Waals surface area contributed by atoms with E-state index in [0.717, 1.165) is 29.8 Å². The average molecular weight is 422 g/mol. The van der Waals surface area contributed by atoms with E-state index < -0.39 is 0 Å². The minimum absolute atomic E-state index is 0.00797. The lowest BCUT2D eigenvalue weighted by Crippen LogP contribution is -2.37. The molecule has 0 bridgehead atoms. The summed E-state index contributed by atoms with van der Waals surface area (Å²) in [6, 6.07) is 7.18. The van der Waals surface area contributed by atoms with Crippen molar-refractivity contribution in [2.75, 3.05) is 13.2 Å². The average Bonchev–Trinajstić information content (AvgIpc) is 3.34. The Morgan fingerprint density at radius 3 is 2.87 bits per heavy atom. The molecule has 0 radical (unpaired) electrons. The van der Waals surface area contributed by atoms with E-state index in [0.29, 0.717) is 29.9 Å². The zero-order valence-corrected chi connectivity index (χ0v) is 18.1. The summed E-state index contributed by atoms with van der Waals surface area (Å²) < 4.78 is 7.54. The number of ether oxygens (including phenoxy) is 1. The maximum absolute atomic E-state index is 13.1. The van der Waals surface area contributed by atoms with Crippen LogP contribution in [0.5, 0.6) is 0 Å². The third-order valence-electron chi connectivity index (χ3n) is 5.72. The monoisotopic (exact) mass is 421 g/mol. The van der Waals surface area contributed by atoms with Gasteiger partial charge in [0, 0.05) is 37.5 Å². The van der Waals surface area contributed by atoms with Crippen LogP contribution in [0.1, 0.15) is 35.6 Å². The second kappa shape index (κ2) is 8.85. The van der Waals surface area contributed by atoms with E-state index in [1.165, 1.54) is 0 Å². The number of para-hydroxylation sites is 1. The number of amides is 1. The lowest BCUT2D eigenvalue weighted by molar-refractivity contribution is -0.128. The fourth-order valence-corrected chi connectivity index (χ4v) is 3.95. The van der Waals surface area contributed by atoms with Gasteiger partial charge >= 0.3 is 0 Å². The Morgan fingerprint density at radius 1 is 1.35 bits per heavy atom. The minimum atomic E-state index is -0.206. The zero-order valence-electron chi connectivity index (χ0n) is 18.1. The first-order valence-electron chi connectivity index (χ1n) is 10.5. The predicted octanol–water partition coefficient (Wildman–Crippen LogP) is 2.49. The van der Waals surface area contributed by atoms with E-state index in [1.54, 1.807) is 39.9 Å². The van der Waals surface area contributed by atoms with E-state index in [1.807, 2.05) is 27.0 Å². The number of benzene rings is 1. The first-order chi connectivity index (χ1) is 14.9. The van der Waals surface area contributed by atoms with Crippen molar-refractivity contribution < 1.29 is 9.53 Å². The van der Waals surface area contributed by atoms with Gasteiger partial charge in [0.1, 0.15) is 5.82 Å². The van der Waals surface area contributed by atoms with Gasteiger partial charge in [-0.25, -0.2) is 4.98 Å². The molecule has 1 N–H and O–H groups in total. The Kier molecular flexibility index (Phi) is 5.99. The number of rotatable bonds is 6. The molecule has 0 unspecified atom stereocenters. The van der Waals surface area contributed by atoms with Crippen molar-refractivity contribution in [1.82, 2.24) is 24.6 Å². The molecular weight excluding hydrogens is 394 g/mol. The van der Waals surface area contributed by atoms with Gasteiger partial charge < -0.3 is 14.6 Å². The second-order valence-corrected chi connectivity index (χ2v) is 7.92. The molecule has 0 spiro atoms. The maximum Gasteiger partial charge on any atom is 0.258 e. The molecule has 8 nitrogen and oxygen atoms in total. The van der Waals surface area contributed by atoms with Crippen molar-refractivity contribution in [3.8, 4) is 0 Å². The summed E-state index contributed by atoms with van der Waals surface area (Å²) in [6.45, 7) is 5.25. The summed E-state index contributed by atoms with van der Waals surface area (Å²) in [6.07, 6.45) is 5.26. The highest BCUT2D eigenvalue weighted by Gasteiger charge is 2.23. The number of nitrogens with one attached hydrogen (secondary N) is 1. The van der Waals surface area contributed by atoms with Gasteiger partial charge in [-0.3, -0.25) is 14.3 Å². The van der Waals surface area contributed by atoms with Crippen LogP contribution in [0.15, 0.2) is 35.1 Å². The summed E-state index contributed by atoms with van der Waals surface area (Å²) >= 11 is 0. The van der Waals surface area contributed by atoms with Crippen molar-refractivity contribution in [2.45, 2.75) is 39.3 Å². The van der Waals surface area contributed by atoms with Gasteiger partial charge in [-0.05, 0) is 44.9 Å². The van der Waals surface area contributed by atoms with Crippen molar-refractivity contribution in [1.29, 1.82) is 0 Å². The summed E-state index contributed by atoms with van der Waals surface area (Å²) in [4.78, 5) is 34.6. The van der Waals surface area contributed by atoms with Crippen LogP contribution in [-0.4, -0.2) is 49.8 Å². The largest absolute Gasteiger partial charge is 0.376 e. The summed E-state index contributed by atoms with van der Waals surface area (Å²) in [5.41, 5.74) is 3.21. The topological polar surface area (TPSA) is 93.1 Å². The predicted molar refractivity (Wildman–Crippen MR) is 118 cm³/mol. The van der Waals surface area contributed by atoms with Gasteiger partial charge in [0.2, 0.25) is 5.91 Å². The first kappa shape index (κ1) is 21.0. The number of carbonyl (C=O) groups is 1. The van der Waals surface area contributed by atoms with Crippen molar-refractivity contribution in [3.63, 3.8) is 0 Å². The molecule has 4 rings (SSSR count). The van der Waals surface area contributed by atoms with Crippen LogP contribution in [0.2, 0.25) is 0 Å². The molecule has 1 amide bonds. The molecule has 1 atom stereocenters. The van der Waals surface area contributed by atoms with Crippen LogP contribution in [0.4, 0.5) is 0 Å². The number of hydrogen-bond donors (Lipinski definition) is 1. The van der Waals surface area contributed by atoms with E-state index in [9.17, 15) is 9.59 Å². The Hall–Kier alpha value is -3.26. The van der Waals surface area contributed by atoms with Crippen LogP contribution in [0, 0.1) is 13.8 Å². The van der Waals surface area contributed by atoms with Crippen LogP contribution in [0.3, 0.4) is 0 Å². The number of carbonyl (C=O) groups excluding carboxylic acids is 1. The number of fused-ring (bicyclic) bond motifs is 1. The normalized spacial score (nSPS) is 16.4. The molecule has 2 aromatic heterocycles. The molecule has 8 heteroatoms. The molecule has 1 aliphatic rings. The zero-order chi connectivity index (χ0) is 22.0. The van der Waals surface area contributed by atoms with Gasteiger partial charge in [-0.1, -0.05) is 12.1 Å². The molecule has 1 fully saturated rings. The Balaban J connectivity index is 1.60. The van der Waals surface area contributed by atoms with E-state index in [2.05, 4.69) is 15.1 Å². The number of hydrogen-bond acceptors (Lipinski definition) is 5.